The van der Waals surface area contributed by atoms with Gasteiger partial charge in [0.05, 0.1) is 6.61 Å². The molecule has 0 bridgehead atoms. The molecule has 0 aliphatic rings. The summed E-state index contributed by atoms with van der Waals surface area (Å²) in [5.74, 6) is 1.67. The monoisotopic (exact) mass is 263 g/mol. The van der Waals surface area contributed by atoms with Crippen molar-refractivity contribution in [3.8, 4) is 5.75 Å². The van der Waals surface area contributed by atoms with Crippen molar-refractivity contribution in [1.29, 1.82) is 0 Å². The molecule has 1 aromatic rings. The predicted octanol–water partition coefficient (Wildman–Crippen LogP) is 4.32. The fraction of sp³-hybridized carbons (Fsp3) is 0.647. The van der Waals surface area contributed by atoms with Crippen LogP contribution >= 0.6 is 0 Å². The van der Waals surface area contributed by atoms with E-state index < -0.39 is 0 Å². The van der Waals surface area contributed by atoms with Crippen LogP contribution in [0.1, 0.15) is 62.1 Å². The van der Waals surface area contributed by atoms with Gasteiger partial charge in [0.15, 0.2) is 0 Å². The van der Waals surface area contributed by atoms with Crippen LogP contribution in [-0.4, -0.2) is 13.2 Å². The van der Waals surface area contributed by atoms with Gasteiger partial charge in [-0.2, -0.15) is 0 Å². The van der Waals surface area contributed by atoms with Gasteiger partial charge in [-0.25, -0.2) is 0 Å². The number of aryl methyl sites for hydroxylation is 2. The number of ether oxygens (including phenoxy) is 1. The van der Waals surface area contributed by atoms with Gasteiger partial charge in [0.25, 0.3) is 0 Å². The maximum absolute atomic E-state index is 6.00. The molecule has 2 nitrogen and oxygen atoms in total. The van der Waals surface area contributed by atoms with E-state index in [0.29, 0.717) is 5.92 Å². The van der Waals surface area contributed by atoms with Gasteiger partial charge in [-0.1, -0.05) is 31.5 Å². The van der Waals surface area contributed by atoms with E-state index in [2.05, 4.69) is 39.8 Å². The molecule has 0 spiro atoms. The Morgan fingerprint density at radius 1 is 1.21 bits per heavy atom. The maximum atomic E-state index is 6.00. The Morgan fingerprint density at radius 3 is 2.53 bits per heavy atom. The Morgan fingerprint density at radius 2 is 1.95 bits per heavy atom. The summed E-state index contributed by atoms with van der Waals surface area (Å²) in [6.45, 7) is 10.3. The highest BCUT2D eigenvalue weighted by atomic mass is 16.5. The summed E-state index contributed by atoms with van der Waals surface area (Å²) >= 11 is 0. The Labute approximate surface area is 118 Å². The van der Waals surface area contributed by atoms with Crippen molar-refractivity contribution in [3.05, 3.63) is 28.8 Å². The summed E-state index contributed by atoms with van der Waals surface area (Å²) in [7, 11) is 0. The van der Waals surface area contributed by atoms with Crippen LogP contribution in [0.4, 0.5) is 0 Å². The first-order valence-corrected chi connectivity index (χ1v) is 7.58. The third-order valence-electron chi connectivity index (χ3n) is 3.59. The van der Waals surface area contributed by atoms with E-state index in [0.717, 1.165) is 44.6 Å². The third kappa shape index (κ3) is 4.54. The van der Waals surface area contributed by atoms with Gasteiger partial charge >= 0.3 is 0 Å². The number of hydrogen-bond acceptors (Lipinski definition) is 2. The molecule has 0 aliphatic heterocycles. The SMILES string of the molecule is CCCOc1c(C)cc(C)cc1C(CC)CCCN. The molecule has 0 radical (unpaired) electrons. The van der Waals surface area contributed by atoms with Crippen LogP contribution in [0.3, 0.4) is 0 Å². The Hall–Kier alpha value is -1.02. The first-order valence-electron chi connectivity index (χ1n) is 7.58. The lowest BCUT2D eigenvalue weighted by Crippen LogP contribution is -2.08. The summed E-state index contributed by atoms with van der Waals surface area (Å²) in [6, 6.07) is 4.51. The van der Waals surface area contributed by atoms with Gasteiger partial charge in [0.1, 0.15) is 5.75 Å². The molecule has 0 heterocycles. The van der Waals surface area contributed by atoms with E-state index in [1.807, 2.05) is 0 Å². The van der Waals surface area contributed by atoms with Gasteiger partial charge in [-0.3, -0.25) is 0 Å². The van der Waals surface area contributed by atoms with E-state index >= 15 is 0 Å². The molecular formula is C17H29NO. The van der Waals surface area contributed by atoms with Crippen molar-refractivity contribution >= 4 is 0 Å². The highest BCUT2D eigenvalue weighted by Crippen LogP contribution is 2.35. The van der Waals surface area contributed by atoms with Gasteiger partial charge in [-0.05, 0) is 63.1 Å². The molecule has 0 aromatic heterocycles. The van der Waals surface area contributed by atoms with E-state index in [9.17, 15) is 0 Å². The molecule has 0 saturated heterocycles. The number of hydrogen-bond donors (Lipinski definition) is 1. The van der Waals surface area contributed by atoms with Gasteiger partial charge in [-0.15, -0.1) is 0 Å². The van der Waals surface area contributed by atoms with Gasteiger partial charge in [0, 0.05) is 0 Å². The van der Waals surface area contributed by atoms with E-state index in [-0.39, 0.29) is 0 Å². The molecule has 19 heavy (non-hydrogen) atoms. The lowest BCUT2D eigenvalue weighted by Gasteiger charge is -2.21. The Bertz CT molecular complexity index is 387. The van der Waals surface area contributed by atoms with Gasteiger partial charge in [0.2, 0.25) is 0 Å². The van der Waals surface area contributed by atoms with Crippen molar-refractivity contribution in [1.82, 2.24) is 0 Å². The summed E-state index contributed by atoms with van der Waals surface area (Å²) in [4.78, 5) is 0. The van der Waals surface area contributed by atoms with Crippen LogP contribution in [0.5, 0.6) is 5.75 Å². The normalized spacial score (nSPS) is 12.5. The molecule has 0 amide bonds. The summed E-state index contributed by atoms with van der Waals surface area (Å²) < 4.78 is 6.00. The highest BCUT2D eigenvalue weighted by molar-refractivity contribution is 5.45. The second-order valence-corrected chi connectivity index (χ2v) is 5.38. The minimum Gasteiger partial charge on any atom is -0.493 e. The molecule has 1 aromatic carbocycles. The summed E-state index contributed by atoms with van der Waals surface area (Å²) in [5, 5.41) is 0. The second kappa shape index (κ2) is 8.21. The Balaban J connectivity index is 3.06. The molecular weight excluding hydrogens is 234 g/mol. The zero-order valence-corrected chi connectivity index (χ0v) is 13.0. The predicted molar refractivity (Wildman–Crippen MR) is 83.0 cm³/mol. The lowest BCUT2D eigenvalue weighted by molar-refractivity contribution is 0.308. The smallest absolute Gasteiger partial charge is 0.125 e. The standard InChI is InChI=1S/C17H29NO/c1-5-10-19-17-14(4)11-13(3)12-16(17)15(6-2)8-7-9-18/h11-12,15H,5-10,18H2,1-4H3. The average molecular weight is 263 g/mol. The first-order chi connectivity index (χ1) is 9.13. The van der Waals surface area contributed by atoms with Crippen LogP contribution in [0, 0.1) is 13.8 Å². The maximum Gasteiger partial charge on any atom is 0.125 e. The van der Waals surface area contributed by atoms with Crippen LogP contribution in [0.2, 0.25) is 0 Å². The summed E-state index contributed by atoms with van der Waals surface area (Å²) in [5.41, 5.74) is 9.61. The van der Waals surface area contributed by atoms with E-state index in [1.165, 1.54) is 16.7 Å². The topological polar surface area (TPSA) is 35.2 Å². The van der Waals surface area contributed by atoms with E-state index in [1.54, 1.807) is 0 Å². The lowest BCUT2D eigenvalue weighted by atomic mass is 9.88. The fourth-order valence-electron chi connectivity index (χ4n) is 2.64. The molecule has 2 heteroatoms. The van der Waals surface area contributed by atoms with Crippen LogP contribution < -0.4 is 10.5 Å². The average Bonchev–Trinajstić information content (AvgIpc) is 2.38. The minimum absolute atomic E-state index is 0.564. The fourth-order valence-corrected chi connectivity index (χ4v) is 2.64. The second-order valence-electron chi connectivity index (χ2n) is 5.38. The Kier molecular flexibility index (Phi) is 6.93. The molecule has 1 atom stereocenters. The van der Waals surface area contributed by atoms with E-state index in [4.69, 9.17) is 10.5 Å². The van der Waals surface area contributed by atoms with Crippen molar-refractivity contribution in [3.63, 3.8) is 0 Å². The zero-order chi connectivity index (χ0) is 14.3. The number of nitrogens with two attached hydrogens (primary N) is 1. The molecule has 0 aliphatic carbocycles. The van der Waals surface area contributed by atoms with Crippen molar-refractivity contribution in [2.45, 2.75) is 59.3 Å². The quantitative estimate of drug-likeness (QED) is 0.758. The van der Waals surface area contributed by atoms with Crippen molar-refractivity contribution in [2.24, 2.45) is 5.73 Å². The van der Waals surface area contributed by atoms with Gasteiger partial charge < -0.3 is 10.5 Å². The molecule has 1 rings (SSSR count). The van der Waals surface area contributed by atoms with Crippen LogP contribution in [0.15, 0.2) is 12.1 Å². The summed E-state index contributed by atoms with van der Waals surface area (Å²) in [6.07, 6.45) is 4.43. The van der Waals surface area contributed by atoms with Crippen molar-refractivity contribution < 1.29 is 4.74 Å². The molecule has 2 N–H and O–H groups in total. The van der Waals surface area contributed by atoms with Crippen LogP contribution in [-0.2, 0) is 0 Å². The highest BCUT2D eigenvalue weighted by Gasteiger charge is 2.16. The molecule has 108 valence electrons. The number of rotatable bonds is 8. The van der Waals surface area contributed by atoms with Crippen molar-refractivity contribution in [2.75, 3.05) is 13.2 Å². The number of benzene rings is 1. The first kappa shape index (κ1) is 16.0. The zero-order valence-electron chi connectivity index (χ0n) is 13.0. The molecule has 0 saturated carbocycles. The minimum atomic E-state index is 0.564. The molecule has 1 unspecified atom stereocenters. The van der Waals surface area contributed by atoms with Crippen LogP contribution in [0.25, 0.3) is 0 Å². The third-order valence-corrected chi connectivity index (χ3v) is 3.59. The molecule has 0 fully saturated rings. The largest absolute Gasteiger partial charge is 0.493 e.